The molecular weight excluding hydrogens is 613 g/mol. The van der Waals surface area contributed by atoms with Gasteiger partial charge in [-0.1, -0.05) is 48.1 Å². The number of hydrogen-bond donors (Lipinski definition) is 0. The van der Waals surface area contributed by atoms with Gasteiger partial charge >= 0.3 is 0 Å². The number of fused-ring (bicyclic) bond motifs is 1. The topological polar surface area (TPSA) is 81.3 Å². The number of pyridine rings is 2. The van der Waals surface area contributed by atoms with Crippen LogP contribution < -0.4 is 0 Å². The first kappa shape index (κ1) is 25.4. The molecule has 0 radical (unpaired) electrons. The Hall–Kier alpha value is -2.86. The lowest BCUT2D eigenvalue weighted by Gasteiger charge is -2.26. The molecule has 0 amide bonds. The zero-order valence-corrected chi connectivity index (χ0v) is 23.7. The van der Waals surface area contributed by atoms with Crippen molar-refractivity contribution in [3.05, 3.63) is 74.7 Å². The van der Waals surface area contributed by atoms with Gasteiger partial charge in [0.25, 0.3) is 0 Å². The number of aliphatic imine (C=N–C) groups is 1. The van der Waals surface area contributed by atoms with Crippen molar-refractivity contribution in [3.63, 3.8) is 0 Å². The smallest absolute Gasteiger partial charge is 0.160 e. The summed E-state index contributed by atoms with van der Waals surface area (Å²) in [7, 11) is 0. The van der Waals surface area contributed by atoms with Crippen molar-refractivity contribution in [2.75, 3.05) is 39.4 Å². The van der Waals surface area contributed by atoms with Crippen LogP contribution in [0.4, 0.5) is 0 Å². The Morgan fingerprint density at radius 2 is 2.00 bits per heavy atom. The fourth-order valence-electron chi connectivity index (χ4n) is 4.86. The largest absolute Gasteiger partial charge is 0.379 e. The summed E-state index contributed by atoms with van der Waals surface area (Å²) >= 11 is 5.99. The molecule has 0 aliphatic carbocycles. The lowest BCUT2D eigenvalue weighted by molar-refractivity contribution is 0.0359. The Bertz CT molecular complexity index is 1540. The number of rotatable bonds is 7. The zero-order chi connectivity index (χ0) is 25.9. The lowest BCUT2D eigenvalue weighted by Crippen LogP contribution is -2.38. The average Bonchev–Trinajstić information content (AvgIpc) is 3.45. The fraction of sp³-hybridized carbons (Fsp3) is 0.286. The molecule has 10 heteroatoms. The second-order valence-electron chi connectivity index (χ2n) is 9.27. The van der Waals surface area contributed by atoms with E-state index in [0.717, 1.165) is 72.9 Å². The second-order valence-corrected chi connectivity index (χ2v) is 11.6. The lowest BCUT2D eigenvalue weighted by atomic mass is 9.91. The second kappa shape index (κ2) is 11.5. The summed E-state index contributed by atoms with van der Waals surface area (Å²) in [5.74, 6) is 0.0547. The molecule has 5 heterocycles. The Morgan fingerprint density at radius 3 is 2.87 bits per heavy atom. The van der Waals surface area contributed by atoms with Crippen LogP contribution >= 0.6 is 32.3 Å². The highest BCUT2D eigenvalue weighted by molar-refractivity contribution is 14.2. The number of hydrogen-bond acceptors (Lipinski definition) is 7. The summed E-state index contributed by atoms with van der Waals surface area (Å²) in [6, 6.07) is 12.2. The standard InChI is InChI=1S/C28H27ClIN7O/c1-30-25-5-4-21(29)14-24(25)26-15-23(22-3-2-6-32-28(22)33-26)19-13-20(17-31-16-19)27-18-37(35-34-27)8-7-36-9-11-38-12-10-36/h2-6,13-15,17-19H,1,7-12,16H2. The summed E-state index contributed by atoms with van der Waals surface area (Å²) in [4.78, 5) is 16.6. The van der Waals surface area contributed by atoms with Crippen molar-refractivity contribution in [3.8, 4) is 11.3 Å². The summed E-state index contributed by atoms with van der Waals surface area (Å²) in [5, 5.41) is 10.5. The normalized spacial score (nSPS) is 18.1. The molecule has 0 saturated carbocycles. The van der Waals surface area contributed by atoms with Crippen molar-refractivity contribution in [1.82, 2.24) is 29.9 Å². The molecule has 0 N–H and O–H groups in total. The van der Waals surface area contributed by atoms with E-state index < -0.39 is 20.7 Å². The van der Waals surface area contributed by atoms with E-state index in [-0.39, 0.29) is 5.92 Å². The number of nitrogens with zero attached hydrogens (tertiary/aromatic N) is 7. The van der Waals surface area contributed by atoms with Gasteiger partial charge in [0.2, 0.25) is 0 Å². The molecule has 38 heavy (non-hydrogen) atoms. The minimum absolute atomic E-state index is 0.0547. The molecule has 4 aromatic rings. The first-order valence-corrected chi connectivity index (χ1v) is 15.5. The number of aromatic nitrogens is 5. The maximum atomic E-state index is 6.38. The summed E-state index contributed by atoms with van der Waals surface area (Å²) in [6.45, 7) is 5.89. The molecule has 0 bridgehead atoms. The van der Waals surface area contributed by atoms with Gasteiger partial charge in [0.05, 0.1) is 31.6 Å². The first-order chi connectivity index (χ1) is 18.7. The van der Waals surface area contributed by atoms with E-state index in [1.165, 1.54) is 3.57 Å². The van der Waals surface area contributed by atoms with Crippen LogP contribution in [0.15, 0.2) is 59.9 Å². The van der Waals surface area contributed by atoms with Crippen LogP contribution in [0.3, 0.4) is 0 Å². The van der Waals surface area contributed by atoms with Crippen LogP contribution in [-0.2, 0) is 11.3 Å². The van der Waals surface area contributed by atoms with Crippen molar-refractivity contribution in [2.24, 2.45) is 4.99 Å². The number of halogens is 2. The summed E-state index contributed by atoms with van der Waals surface area (Å²) < 4.78 is 12.8. The first-order valence-electron chi connectivity index (χ1n) is 12.5. The Kier molecular flexibility index (Phi) is 7.68. The third kappa shape index (κ3) is 5.47. The highest BCUT2D eigenvalue weighted by Crippen LogP contribution is 2.35. The van der Waals surface area contributed by atoms with E-state index in [9.17, 15) is 0 Å². The molecule has 1 unspecified atom stereocenters. The SMILES string of the molecule is C=Ic1ccc(Cl)cc1-c1cc(C2C=C(c3cn(CCN4CCOCC4)nn3)C=NC2)c2cccnc2n1. The van der Waals surface area contributed by atoms with E-state index in [1.54, 1.807) is 6.20 Å². The molecule has 6 rings (SSSR count). The molecule has 8 nitrogen and oxygen atoms in total. The maximum absolute atomic E-state index is 6.38. The van der Waals surface area contributed by atoms with E-state index in [4.69, 9.17) is 26.3 Å². The number of allylic oxidation sites excluding steroid dienone is 1. The average molecular weight is 640 g/mol. The van der Waals surface area contributed by atoms with Crippen LogP contribution in [0.5, 0.6) is 0 Å². The van der Waals surface area contributed by atoms with Crippen LogP contribution in [0.25, 0.3) is 27.9 Å². The summed E-state index contributed by atoms with van der Waals surface area (Å²) in [6.07, 6.45) is 7.93. The number of morpholine rings is 1. The van der Waals surface area contributed by atoms with Gasteiger partial charge in [-0.2, -0.15) is 0 Å². The predicted octanol–water partition coefficient (Wildman–Crippen LogP) is 4.70. The monoisotopic (exact) mass is 639 g/mol. The molecule has 1 atom stereocenters. The Balaban J connectivity index is 1.32. The van der Waals surface area contributed by atoms with Gasteiger partial charge in [0, 0.05) is 69.6 Å². The molecule has 2 aliphatic heterocycles. The van der Waals surface area contributed by atoms with Gasteiger partial charge in [-0.05, 0) is 42.0 Å². The van der Waals surface area contributed by atoms with E-state index in [2.05, 4.69) is 49.0 Å². The van der Waals surface area contributed by atoms with Crippen LogP contribution in [-0.4, -0.2) is 80.0 Å². The van der Waals surface area contributed by atoms with Crippen molar-refractivity contribution in [2.45, 2.75) is 12.5 Å². The molecular formula is C28H27ClIN7O. The van der Waals surface area contributed by atoms with Gasteiger partial charge in [-0.25, -0.2) is 9.97 Å². The quantitative estimate of drug-likeness (QED) is 0.273. The van der Waals surface area contributed by atoms with Gasteiger partial charge < -0.3 is 4.74 Å². The van der Waals surface area contributed by atoms with Crippen molar-refractivity contribution in [1.29, 1.82) is 0 Å². The van der Waals surface area contributed by atoms with Gasteiger partial charge in [0.15, 0.2) is 5.65 Å². The minimum atomic E-state index is -0.396. The highest BCUT2D eigenvalue weighted by atomic mass is 127. The van der Waals surface area contributed by atoms with Crippen molar-refractivity contribution >= 4 is 59.7 Å². The fourth-order valence-corrected chi connectivity index (χ4v) is 6.31. The Morgan fingerprint density at radius 1 is 1.11 bits per heavy atom. The van der Waals surface area contributed by atoms with Crippen LogP contribution in [0.2, 0.25) is 5.02 Å². The zero-order valence-electron chi connectivity index (χ0n) is 20.8. The molecule has 1 fully saturated rings. The third-order valence-electron chi connectivity index (χ3n) is 6.86. The van der Waals surface area contributed by atoms with E-state index in [1.807, 2.05) is 35.3 Å². The van der Waals surface area contributed by atoms with Crippen molar-refractivity contribution < 1.29 is 4.74 Å². The van der Waals surface area contributed by atoms with Crippen LogP contribution in [0, 0.1) is 3.57 Å². The van der Waals surface area contributed by atoms with E-state index in [0.29, 0.717) is 17.2 Å². The number of benzene rings is 1. The van der Waals surface area contributed by atoms with E-state index >= 15 is 0 Å². The third-order valence-corrected chi connectivity index (χ3v) is 8.86. The van der Waals surface area contributed by atoms with Gasteiger partial charge in [-0.15, -0.1) is 5.10 Å². The molecule has 0 spiro atoms. The number of dihydropyridines is 1. The molecule has 194 valence electrons. The molecule has 3 aromatic heterocycles. The maximum Gasteiger partial charge on any atom is 0.160 e. The van der Waals surface area contributed by atoms with Crippen LogP contribution in [0.1, 0.15) is 17.2 Å². The molecule has 2 aliphatic rings. The number of ether oxygens (including phenoxy) is 1. The Labute approximate surface area is 236 Å². The van der Waals surface area contributed by atoms with Gasteiger partial charge in [-0.3, -0.25) is 14.6 Å². The van der Waals surface area contributed by atoms with Gasteiger partial charge in [0.1, 0.15) is 5.69 Å². The predicted molar refractivity (Wildman–Crippen MR) is 161 cm³/mol. The molecule has 1 aromatic carbocycles. The summed E-state index contributed by atoms with van der Waals surface area (Å²) in [5.41, 5.74) is 5.55. The minimum Gasteiger partial charge on any atom is -0.379 e. The molecule has 1 saturated heterocycles. The highest BCUT2D eigenvalue weighted by Gasteiger charge is 2.21.